The van der Waals surface area contributed by atoms with Gasteiger partial charge in [-0.15, -0.1) is 0 Å². The van der Waals surface area contributed by atoms with Gasteiger partial charge in [-0.2, -0.15) is 0 Å². The van der Waals surface area contributed by atoms with Crippen LogP contribution in [0.2, 0.25) is 5.02 Å². The zero-order chi connectivity index (χ0) is 21.4. The van der Waals surface area contributed by atoms with E-state index < -0.39 is 33.1 Å². The molecule has 0 aliphatic carbocycles. The van der Waals surface area contributed by atoms with Gasteiger partial charge in [0.1, 0.15) is 5.82 Å². The summed E-state index contributed by atoms with van der Waals surface area (Å²) in [6.07, 6.45) is 0.924. The summed E-state index contributed by atoms with van der Waals surface area (Å²) in [5.41, 5.74) is -1.53. The first-order valence-electron chi connectivity index (χ1n) is 8.58. The Balaban J connectivity index is 1.72. The van der Waals surface area contributed by atoms with Crippen molar-refractivity contribution in [2.24, 2.45) is 0 Å². The minimum Gasteiger partial charge on any atom is -0.372 e. The number of carbonyl (C=O) groups is 2. The molecule has 0 radical (unpaired) electrons. The summed E-state index contributed by atoms with van der Waals surface area (Å²) >= 11 is 5.77. The van der Waals surface area contributed by atoms with Gasteiger partial charge in [0.05, 0.1) is 4.90 Å². The number of hydrogen-bond acceptors (Lipinski definition) is 5. The Morgan fingerprint density at radius 2 is 1.93 bits per heavy atom. The first kappa shape index (κ1) is 21.2. The van der Waals surface area contributed by atoms with Crippen LogP contribution in [0.25, 0.3) is 0 Å². The molecule has 0 unspecified atom stereocenters. The molecule has 2 aromatic carbocycles. The minimum absolute atomic E-state index is 0.0762. The van der Waals surface area contributed by atoms with E-state index in [1.807, 2.05) is 0 Å². The highest BCUT2D eigenvalue weighted by Crippen LogP contribution is 2.29. The van der Waals surface area contributed by atoms with E-state index in [4.69, 9.17) is 11.6 Å². The average Bonchev–Trinajstić information content (AvgIpc) is 2.94. The lowest BCUT2D eigenvalue weighted by Gasteiger charge is -2.22. The number of amides is 2. The Hall–Kier alpha value is -2.49. The van der Waals surface area contributed by atoms with Crippen LogP contribution in [0, 0.1) is 5.82 Å². The lowest BCUT2D eigenvalue weighted by molar-refractivity contribution is -0.149. The predicted octanol–water partition coefficient (Wildman–Crippen LogP) is 1.67. The van der Waals surface area contributed by atoms with Gasteiger partial charge in [0.2, 0.25) is 5.60 Å². The van der Waals surface area contributed by atoms with Crippen molar-refractivity contribution in [2.75, 3.05) is 17.7 Å². The highest BCUT2D eigenvalue weighted by Gasteiger charge is 2.51. The van der Waals surface area contributed by atoms with Gasteiger partial charge in [-0.1, -0.05) is 11.6 Å². The van der Waals surface area contributed by atoms with Crippen molar-refractivity contribution in [2.45, 2.75) is 23.5 Å². The lowest BCUT2D eigenvalue weighted by atomic mass is 10.0. The molecule has 0 spiro atoms. The van der Waals surface area contributed by atoms with Gasteiger partial charge >= 0.3 is 0 Å². The van der Waals surface area contributed by atoms with Gasteiger partial charge in [0.25, 0.3) is 11.8 Å². The molecule has 1 atom stereocenters. The smallest absolute Gasteiger partial charge is 0.268 e. The second-order valence-electron chi connectivity index (χ2n) is 6.79. The summed E-state index contributed by atoms with van der Waals surface area (Å²) < 4.78 is 36.5. The van der Waals surface area contributed by atoms with Crippen molar-refractivity contribution in [3.05, 3.63) is 58.9 Å². The molecular formula is C19H18ClFN2O5S. The molecule has 0 bridgehead atoms. The van der Waals surface area contributed by atoms with Crippen LogP contribution in [0.4, 0.5) is 10.1 Å². The molecule has 2 aromatic rings. The molecule has 1 fully saturated rings. The van der Waals surface area contributed by atoms with Crippen LogP contribution in [0.5, 0.6) is 0 Å². The largest absolute Gasteiger partial charge is 0.372 e. The summed E-state index contributed by atoms with van der Waals surface area (Å²) in [7, 11) is -3.39. The number of sulfone groups is 1. The van der Waals surface area contributed by atoms with Crippen LogP contribution < -0.4 is 10.2 Å². The third-order valence-corrected chi connectivity index (χ3v) is 5.97. The summed E-state index contributed by atoms with van der Waals surface area (Å²) in [6.45, 7) is -0.0400. The average molecular weight is 441 g/mol. The molecule has 10 heteroatoms. The van der Waals surface area contributed by atoms with E-state index in [-0.39, 0.29) is 29.4 Å². The van der Waals surface area contributed by atoms with E-state index >= 15 is 0 Å². The number of nitrogens with zero attached hydrogens (tertiary/aromatic N) is 1. The Morgan fingerprint density at radius 1 is 1.28 bits per heavy atom. The fourth-order valence-electron chi connectivity index (χ4n) is 3.08. The van der Waals surface area contributed by atoms with Crippen LogP contribution in [0.1, 0.15) is 12.0 Å². The maximum Gasteiger partial charge on any atom is 0.268 e. The van der Waals surface area contributed by atoms with Crippen molar-refractivity contribution >= 4 is 38.9 Å². The molecule has 2 N–H and O–H groups in total. The second-order valence-corrected chi connectivity index (χ2v) is 9.25. The van der Waals surface area contributed by atoms with E-state index in [1.165, 1.54) is 41.3 Å². The van der Waals surface area contributed by atoms with E-state index in [1.54, 1.807) is 0 Å². The number of halogens is 2. The first-order chi connectivity index (χ1) is 13.5. The van der Waals surface area contributed by atoms with E-state index in [9.17, 15) is 27.5 Å². The second kappa shape index (κ2) is 7.74. The van der Waals surface area contributed by atoms with Gasteiger partial charge < -0.3 is 15.3 Å². The van der Waals surface area contributed by atoms with Crippen molar-refractivity contribution < 1.29 is 27.5 Å². The molecule has 1 saturated heterocycles. The Kier molecular flexibility index (Phi) is 5.66. The molecule has 0 aromatic heterocycles. The summed E-state index contributed by atoms with van der Waals surface area (Å²) in [6, 6.07) is 9.34. The molecule has 154 valence electrons. The quantitative estimate of drug-likeness (QED) is 0.688. The molecular weight excluding hydrogens is 423 g/mol. The number of benzene rings is 2. The number of aliphatic hydroxyl groups is 1. The Morgan fingerprint density at radius 3 is 2.52 bits per heavy atom. The summed E-state index contributed by atoms with van der Waals surface area (Å²) in [5, 5.41) is 13.2. The highest BCUT2D eigenvalue weighted by molar-refractivity contribution is 7.90. The maximum absolute atomic E-state index is 13.4. The van der Waals surface area contributed by atoms with Crippen LogP contribution in [0.3, 0.4) is 0 Å². The van der Waals surface area contributed by atoms with E-state index in [0.717, 1.165) is 12.3 Å². The van der Waals surface area contributed by atoms with Crippen molar-refractivity contribution in [3.8, 4) is 0 Å². The van der Waals surface area contributed by atoms with Gasteiger partial charge in [-0.25, -0.2) is 12.8 Å². The number of anilines is 1. The van der Waals surface area contributed by atoms with Crippen molar-refractivity contribution in [1.82, 2.24) is 5.32 Å². The van der Waals surface area contributed by atoms with Gasteiger partial charge in [-0.3, -0.25) is 9.59 Å². The zero-order valence-electron chi connectivity index (χ0n) is 15.4. The number of rotatable bonds is 5. The fraction of sp³-hybridized carbons (Fsp3) is 0.263. The molecule has 29 heavy (non-hydrogen) atoms. The molecule has 1 aliphatic heterocycles. The predicted molar refractivity (Wildman–Crippen MR) is 105 cm³/mol. The molecule has 1 aliphatic rings. The summed E-state index contributed by atoms with van der Waals surface area (Å²) in [4.78, 5) is 26.5. The molecule has 2 amide bonds. The zero-order valence-corrected chi connectivity index (χ0v) is 16.9. The van der Waals surface area contributed by atoms with Crippen LogP contribution in [-0.2, 0) is 26.0 Å². The van der Waals surface area contributed by atoms with Crippen LogP contribution in [-0.4, -0.2) is 43.7 Å². The minimum atomic E-state index is -3.39. The van der Waals surface area contributed by atoms with Gasteiger partial charge in [-0.05, 0) is 48.0 Å². The van der Waals surface area contributed by atoms with Crippen molar-refractivity contribution in [3.63, 3.8) is 0 Å². The molecule has 7 nitrogen and oxygen atoms in total. The topological polar surface area (TPSA) is 104 Å². The monoisotopic (exact) mass is 440 g/mol. The van der Waals surface area contributed by atoms with Crippen LogP contribution >= 0.6 is 11.6 Å². The normalized spacial score (nSPS) is 19.4. The lowest BCUT2D eigenvalue weighted by Crippen LogP contribution is -2.52. The fourth-order valence-corrected chi connectivity index (χ4v) is 3.95. The molecule has 0 saturated carbocycles. The first-order valence-corrected chi connectivity index (χ1v) is 10.9. The standard InChI is InChI=1S/C19H18ClFN2O5S/c1-29(27,28)16-4-2-15(3-5-16)23-7-6-19(26,18(23)25)17(24)22-11-12-8-13(20)10-14(21)9-12/h2-5,8-10,26H,6-7,11H2,1H3,(H,22,24)/t19-/m1/s1. The van der Waals surface area contributed by atoms with E-state index in [2.05, 4.69) is 5.32 Å². The van der Waals surface area contributed by atoms with Gasteiger partial charge in [0, 0.05) is 36.5 Å². The number of hydrogen-bond donors (Lipinski definition) is 2. The molecule has 3 rings (SSSR count). The third-order valence-electron chi connectivity index (χ3n) is 4.62. The SMILES string of the molecule is CS(=O)(=O)c1ccc(N2CC[C@@](O)(C(=O)NCc3cc(F)cc(Cl)c3)C2=O)cc1. The highest BCUT2D eigenvalue weighted by atomic mass is 35.5. The van der Waals surface area contributed by atoms with Crippen LogP contribution in [0.15, 0.2) is 47.4 Å². The van der Waals surface area contributed by atoms with Gasteiger partial charge in [0.15, 0.2) is 9.84 Å². The maximum atomic E-state index is 13.4. The molecule has 1 heterocycles. The number of carbonyl (C=O) groups excluding carboxylic acids is 2. The summed E-state index contributed by atoms with van der Waals surface area (Å²) in [5.74, 6) is -2.29. The number of nitrogens with one attached hydrogen (secondary N) is 1. The third kappa shape index (κ3) is 4.42. The Bertz CT molecular complexity index is 1050. The van der Waals surface area contributed by atoms with E-state index in [0.29, 0.717) is 11.3 Å². The van der Waals surface area contributed by atoms with Crippen molar-refractivity contribution in [1.29, 1.82) is 0 Å². The Labute approximate surface area is 172 Å².